The second-order valence-corrected chi connectivity index (χ2v) is 5.20. The van der Waals surface area contributed by atoms with E-state index in [-0.39, 0.29) is 6.04 Å². The van der Waals surface area contributed by atoms with Crippen LogP contribution in [-0.4, -0.2) is 33.8 Å². The van der Waals surface area contributed by atoms with Gasteiger partial charge in [0.25, 0.3) is 0 Å². The average Bonchev–Trinajstić information content (AvgIpc) is 2.50. The molecular weight excluding hydrogens is 264 g/mol. The van der Waals surface area contributed by atoms with Crippen molar-refractivity contribution in [3.63, 3.8) is 0 Å². The molecule has 4 N–H and O–H groups in total. The Hall–Kier alpha value is -1.82. The number of hydrogen-bond donors (Lipinski definition) is 3. The number of hydrogen-bond acceptors (Lipinski definition) is 5. The Labute approximate surface area is 125 Å². The van der Waals surface area contributed by atoms with Crippen LogP contribution in [0.2, 0.25) is 0 Å². The molecule has 2 rings (SSSR count). The van der Waals surface area contributed by atoms with Gasteiger partial charge >= 0.3 is 0 Å². The molecule has 0 saturated heterocycles. The molecule has 21 heavy (non-hydrogen) atoms. The molecule has 0 aliphatic heterocycles. The Bertz CT molecular complexity index is 530. The Morgan fingerprint density at radius 3 is 2.62 bits per heavy atom. The van der Waals surface area contributed by atoms with Gasteiger partial charge in [0.1, 0.15) is 0 Å². The SMILES string of the molecule is Cc1cnc(CNC[C@@H](O)[C@@H](N)Cc2ccccc2)cn1. The highest BCUT2D eigenvalue weighted by molar-refractivity contribution is 5.16. The summed E-state index contributed by atoms with van der Waals surface area (Å²) in [5.74, 6) is 0. The minimum atomic E-state index is -0.594. The zero-order valence-corrected chi connectivity index (χ0v) is 12.2. The maximum atomic E-state index is 10.1. The number of nitrogens with zero attached hydrogens (tertiary/aromatic N) is 2. The van der Waals surface area contributed by atoms with Crippen LogP contribution in [0.5, 0.6) is 0 Å². The Morgan fingerprint density at radius 1 is 1.19 bits per heavy atom. The van der Waals surface area contributed by atoms with Gasteiger partial charge in [-0.25, -0.2) is 0 Å². The fourth-order valence-corrected chi connectivity index (χ4v) is 2.03. The summed E-state index contributed by atoms with van der Waals surface area (Å²) in [4.78, 5) is 8.43. The van der Waals surface area contributed by atoms with Gasteiger partial charge in [0.15, 0.2) is 0 Å². The molecule has 5 nitrogen and oxygen atoms in total. The van der Waals surface area contributed by atoms with Gasteiger partial charge in [0, 0.05) is 31.5 Å². The minimum Gasteiger partial charge on any atom is -0.390 e. The van der Waals surface area contributed by atoms with Crippen molar-refractivity contribution in [2.75, 3.05) is 6.54 Å². The first-order valence-corrected chi connectivity index (χ1v) is 7.11. The van der Waals surface area contributed by atoms with Gasteiger partial charge < -0.3 is 16.2 Å². The Morgan fingerprint density at radius 2 is 1.95 bits per heavy atom. The molecule has 0 saturated carbocycles. The predicted molar refractivity (Wildman–Crippen MR) is 82.6 cm³/mol. The molecule has 1 aromatic heterocycles. The number of aliphatic hydroxyl groups excluding tert-OH is 1. The molecule has 5 heteroatoms. The zero-order valence-electron chi connectivity index (χ0n) is 12.2. The lowest BCUT2D eigenvalue weighted by Crippen LogP contribution is -2.43. The molecule has 1 heterocycles. The van der Waals surface area contributed by atoms with Crippen molar-refractivity contribution in [2.24, 2.45) is 5.73 Å². The number of benzene rings is 1. The van der Waals surface area contributed by atoms with E-state index in [1.54, 1.807) is 12.4 Å². The standard InChI is InChI=1S/C16H22N4O/c1-12-8-20-14(10-19-12)9-18-11-16(21)15(17)7-13-5-3-2-4-6-13/h2-6,8,10,15-16,18,21H,7,9,11,17H2,1H3/t15-,16+/m0/s1. The molecule has 1 aromatic carbocycles. The van der Waals surface area contributed by atoms with E-state index >= 15 is 0 Å². The number of rotatable bonds is 7. The van der Waals surface area contributed by atoms with Gasteiger partial charge in [0.05, 0.1) is 17.5 Å². The highest BCUT2D eigenvalue weighted by atomic mass is 16.3. The molecule has 0 spiro atoms. The van der Waals surface area contributed by atoms with Crippen molar-refractivity contribution in [3.8, 4) is 0 Å². The van der Waals surface area contributed by atoms with E-state index in [1.807, 2.05) is 37.3 Å². The summed E-state index contributed by atoms with van der Waals surface area (Å²) in [7, 11) is 0. The van der Waals surface area contributed by atoms with Gasteiger partial charge in [-0.05, 0) is 18.9 Å². The second-order valence-electron chi connectivity index (χ2n) is 5.20. The molecule has 2 aromatic rings. The van der Waals surface area contributed by atoms with Gasteiger partial charge in [-0.1, -0.05) is 30.3 Å². The third kappa shape index (κ3) is 5.23. The number of aryl methyl sites for hydroxylation is 1. The van der Waals surface area contributed by atoms with Gasteiger partial charge in [-0.15, -0.1) is 0 Å². The average molecular weight is 286 g/mol. The number of aliphatic hydroxyl groups is 1. The van der Waals surface area contributed by atoms with Crippen molar-refractivity contribution < 1.29 is 5.11 Å². The fourth-order valence-electron chi connectivity index (χ4n) is 2.03. The summed E-state index contributed by atoms with van der Waals surface area (Å²) < 4.78 is 0. The van der Waals surface area contributed by atoms with Gasteiger partial charge in [-0.2, -0.15) is 0 Å². The summed E-state index contributed by atoms with van der Waals surface area (Å²) in [6.45, 7) is 2.91. The second kappa shape index (κ2) is 7.83. The van der Waals surface area contributed by atoms with Crippen LogP contribution < -0.4 is 11.1 Å². The monoisotopic (exact) mass is 286 g/mol. The van der Waals surface area contributed by atoms with Crippen molar-refractivity contribution in [1.82, 2.24) is 15.3 Å². The summed E-state index contributed by atoms with van der Waals surface area (Å²) in [6, 6.07) is 9.66. The highest BCUT2D eigenvalue weighted by Gasteiger charge is 2.14. The zero-order chi connectivity index (χ0) is 15.1. The smallest absolute Gasteiger partial charge is 0.0818 e. The minimum absolute atomic E-state index is 0.288. The lowest BCUT2D eigenvalue weighted by molar-refractivity contribution is 0.141. The molecule has 0 aliphatic rings. The van der Waals surface area contributed by atoms with Crippen LogP contribution in [0.3, 0.4) is 0 Å². The third-order valence-electron chi connectivity index (χ3n) is 3.30. The molecule has 0 fully saturated rings. The molecule has 0 bridgehead atoms. The molecule has 0 unspecified atom stereocenters. The first kappa shape index (κ1) is 15.6. The van der Waals surface area contributed by atoms with Gasteiger partial charge in [-0.3, -0.25) is 9.97 Å². The van der Waals surface area contributed by atoms with Crippen LogP contribution >= 0.6 is 0 Å². The molecule has 0 radical (unpaired) electrons. The van der Waals surface area contributed by atoms with E-state index in [2.05, 4.69) is 15.3 Å². The summed E-state index contributed by atoms with van der Waals surface area (Å²) in [5.41, 5.74) is 8.91. The maximum absolute atomic E-state index is 10.1. The van der Waals surface area contributed by atoms with E-state index in [9.17, 15) is 5.11 Å². The lowest BCUT2D eigenvalue weighted by Gasteiger charge is -2.19. The number of nitrogens with one attached hydrogen (secondary N) is 1. The van der Waals surface area contributed by atoms with E-state index < -0.39 is 6.10 Å². The van der Waals surface area contributed by atoms with E-state index in [0.29, 0.717) is 19.5 Å². The lowest BCUT2D eigenvalue weighted by atomic mass is 10.0. The number of nitrogens with two attached hydrogens (primary N) is 1. The largest absolute Gasteiger partial charge is 0.390 e. The van der Waals surface area contributed by atoms with E-state index in [0.717, 1.165) is 17.0 Å². The molecule has 0 aliphatic carbocycles. The van der Waals surface area contributed by atoms with Crippen molar-refractivity contribution >= 4 is 0 Å². The first-order chi connectivity index (χ1) is 10.1. The van der Waals surface area contributed by atoms with Crippen molar-refractivity contribution in [3.05, 3.63) is 59.7 Å². The summed E-state index contributed by atoms with van der Waals surface area (Å²) >= 11 is 0. The highest BCUT2D eigenvalue weighted by Crippen LogP contribution is 2.04. The molecule has 112 valence electrons. The van der Waals surface area contributed by atoms with Crippen LogP contribution in [0.4, 0.5) is 0 Å². The first-order valence-electron chi connectivity index (χ1n) is 7.11. The van der Waals surface area contributed by atoms with E-state index in [4.69, 9.17) is 5.73 Å². The summed E-state index contributed by atoms with van der Waals surface area (Å²) in [6.07, 6.45) is 3.53. The molecule has 2 atom stereocenters. The fraction of sp³-hybridized carbons (Fsp3) is 0.375. The normalized spacial score (nSPS) is 13.9. The number of aromatic nitrogens is 2. The van der Waals surface area contributed by atoms with Crippen LogP contribution in [-0.2, 0) is 13.0 Å². The molecule has 0 amide bonds. The van der Waals surface area contributed by atoms with Gasteiger partial charge in [0.2, 0.25) is 0 Å². The van der Waals surface area contributed by atoms with Crippen LogP contribution in [0.25, 0.3) is 0 Å². The van der Waals surface area contributed by atoms with E-state index in [1.165, 1.54) is 0 Å². The van der Waals surface area contributed by atoms with Crippen molar-refractivity contribution in [1.29, 1.82) is 0 Å². The molecular formula is C16H22N4O. The van der Waals surface area contributed by atoms with Crippen LogP contribution in [0.1, 0.15) is 17.0 Å². The quantitative estimate of drug-likeness (QED) is 0.701. The Kier molecular flexibility index (Phi) is 5.80. The van der Waals surface area contributed by atoms with Crippen molar-refractivity contribution in [2.45, 2.75) is 32.0 Å². The maximum Gasteiger partial charge on any atom is 0.0818 e. The van der Waals surface area contributed by atoms with Crippen LogP contribution in [0.15, 0.2) is 42.7 Å². The predicted octanol–water partition coefficient (Wildman–Crippen LogP) is 0.806. The third-order valence-corrected chi connectivity index (χ3v) is 3.30. The van der Waals surface area contributed by atoms with Crippen LogP contribution in [0, 0.1) is 6.92 Å². The topological polar surface area (TPSA) is 84.1 Å². The Balaban J connectivity index is 1.73. The summed E-state index contributed by atoms with van der Waals surface area (Å²) in [5, 5.41) is 13.2.